The van der Waals surface area contributed by atoms with E-state index < -0.39 is 0 Å². The number of aryl methyl sites for hydroxylation is 1. The van der Waals surface area contributed by atoms with Gasteiger partial charge in [-0.25, -0.2) is 0 Å². The first-order valence-electron chi connectivity index (χ1n) is 6.77. The molecule has 19 heavy (non-hydrogen) atoms. The Balaban J connectivity index is 2.01. The van der Waals surface area contributed by atoms with Gasteiger partial charge >= 0.3 is 0 Å². The third-order valence-corrected chi connectivity index (χ3v) is 3.34. The Bertz CT molecular complexity index is 492. The second-order valence-electron chi connectivity index (χ2n) is 4.76. The molecular formula is C17H21NO. The number of hydrogen-bond donors (Lipinski definition) is 1. The molecule has 0 aliphatic rings. The first kappa shape index (κ1) is 13.6. The van der Waals surface area contributed by atoms with Gasteiger partial charge in [0.2, 0.25) is 0 Å². The first-order valence-corrected chi connectivity index (χ1v) is 6.77. The third-order valence-electron chi connectivity index (χ3n) is 3.34. The standard InChI is InChI=1S/C17H21NO/c1-3-14-9-11-16(12-10-14)19-13(2)17(18)15-7-5-4-6-8-15/h4-13,17H,3,18H2,1-2H3. The van der Waals surface area contributed by atoms with Gasteiger partial charge in [0.15, 0.2) is 0 Å². The zero-order valence-corrected chi connectivity index (χ0v) is 11.5. The van der Waals surface area contributed by atoms with Crippen LogP contribution in [0.5, 0.6) is 5.75 Å². The molecule has 0 heterocycles. The van der Waals surface area contributed by atoms with Crippen LogP contribution in [0.4, 0.5) is 0 Å². The van der Waals surface area contributed by atoms with E-state index in [1.165, 1.54) is 5.56 Å². The molecular weight excluding hydrogens is 234 g/mol. The summed E-state index contributed by atoms with van der Waals surface area (Å²) in [5, 5.41) is 0. The summed E-state index contributed by atoms with van der Waals surface area (Å²) in [5.74, 6) is 0.871. The Labute approximate surface area is 115 Å². The van der Waals surface area contributed by atoms with Crippen LogP contribution in [0.15, 0.2) is 54.6 Å². The van der Waals surface area contributed by atoms with Crippen molar-refractivity contribution in [3.05, 3.63) is 65.7 Å². The molecule has 2 heteroatoms. The maximum atomic E-state index is 6.22. The van der Waals surface area contributed by atoms with Crippen molar-refractivity contribution < 1.29 is 4.74 Å². The van der Waals surface area contributed by atoms with Crippen LogP contribution >= 0.6 is 0 Å². The van der Waals surface area contributed by atoms with Crippen LogP contribution in [0, 0.1) is 0 Å². The minimum absolute atomic E-state index is 0.0603. The fraction of sp³-hybridized carbons (Fsp3) is 0.294. The van der Waals surface area contributed by atoms with Gasteiger partial charge in [0.25, 0.3) is 0 Å². The molecule has 0 aromatic heterocycles. The van der Waals surface area contributed by atoms with Crippen molar-refractivity contribution in [1.29, 1.82) is 0 Å². The highest BCUT2D eigenvalue weighted by Crippen LogP contribution is 2.20. The molecule has 0 radical (unpaired) electrons. The van der Waals surface area contributed by atoms with Gasteiger partial charge in [-0.3, -0.25) is 0 Å². The van der Waals surface area contributed by atoms with Crippen molar-refractivity contribution in [3.8, 4) is 5.75 Å². The molecule has 2 atom stereocenters. The summed E-state index contributed by atoms with van der Waals surface area (Å²) >= 11 is 0. The Morgan fingerprint density at radius 2 is 1.63 bits per heavy atom. The topological polar surface area (TPSA) is 35.2 Å². The number of rotatable bonds is 5. The average molecular weight is 255 g/mol. The predicted octanol–water partition coefficient (Wildman–Crippen LogP) is 3.72. The third kappa shape index (κ3) is 3.58. The van der Waals surface area contributed by atoms with Crippen molar-refractivity contribution >= 4 is 0 Å². The van der Waals surface area contributed by atoms with Gasteiger partial charge in [0.05, 0.1) is 6.04 Å². The lowest BCUT2D eigenvalue weighted by Crippen LogP contribution is -2.28. The van der Waals surface area contributed by atoms with Crippen molar-refractivity contribution in [1.82, 2.24) is 0 Å². The number of nitrogens with two attached hydrogens (primary N) is 1. The largest absolute Gasteiger partial charge is 0.489 e. The van der Waals surface area contributed by atoms with E-state index in [0.29, 0.717) is 0 Å². The van der Waals surface area contributed by atoms with Gasteiger partial charge in [0.1, 0.15) is 11.9 Å². The van der Waals surface area contributed by atoms with E-state index >= 15 is 0 Å². The summed E-state index contributed by atoms with van der Waals surface area (Å²) in [7, 11) is 0. The van der Waals surface area contributed by atoms with Crippen LogP contribution in [0.25, 0.3) is 0 Å². The van der Waals surface area contributed by atoms with E-state index in [-0.39, 0.29) is 12.1 Å². The maximum Gasteiger partial charge on any atom is 0.119 e. The highest BCUT2D eigenvalue weighted by molar-refractivity contribution is 5.28. The zero-order valence-electron chi connectivity index (χ0n) is 11.5. The van der Waals surface area contributed by atoms with E-state index in [1.54, 1.807) is 0 Å². The number of benzene rings is 2. The van der Waals surface area contributed by atoms with E-state index in [2.05, 4.69) is 19.1 Å². The van der Waals surface area contributed by atoms with Crippen LogP contribution in [0.1, 0.15) is 31.0 Å². The molecule has 100 valence electrons. The van der Waals surface area contributed by atoms with E-state index in [1.807, 2.05) is 49.4 Å². The minimum atomic E-state index is -0.118. The zero-order chi connectivity index (χ0) is 13.7. The Hall–Kier alpha value is -1.80. The van der Waals surface area contributed by atoms with Gasteiger partial charge in [0, 0.05) is 0 Å². The van der Waals surface area contributed by atoms with Gasteiger partial charge in [-0.05, 0) is 36.6 Å². The second kappa shape index (κ2) is 6.39. The molecule has 0 fully saturated rings. The van der Waals surface area contributed by atoms with Gasteiger partial charge in [-0.1, -0.05) is 49.4 Å². The first-order chi connectivity index (χ1) is 9.20. The molecule has 2 rings (SSSR count). The van der Waals surface area contributed by atoms with E-state index in [0.717, 1.165) is 17.7 Å². The molecule has 2 nitrogen and oxygen atoms in total. The van der Waals surface area contributed by atoms with Gasteiger partial charge in [-0.15, -0.1) is 0 Å². The maximum absolute atomic E-state index is 6.22. The Morgan fingerprint density at radius 3 is 2.21 bits per heavy atom. The highest BCUT2D eigenvalue weighted by Gasteiger charge is 2.16. The molecule has 2 unspecified atom stereocenters. The summed E-state index contributed by atoms with van der Waals surface area (Å²) < 4.78 is 5.91. The number of ether oxygens (including phenoxy) is 1. The quantitative estimate of drug-likeness (QED) is 0.883. The average Bonchev–Trinajstić information content (AvgIpc) is 2.48. The van der Waals surface area contributed by atoms with Crippen LogP contribution in [-0.2, 0) is 6.42 Å². The summed E-state index contributed by atoms with van der Waals surface area (Å²) in [6, 6.07) is 18.1. The lowest BCUT2D eigenvalue weighted by Gasteiger charge is -2.22. The lowest BCUT2D eigenvalue weighted by atomic mass is 10.0. The summed E-state index contributed by atoms with van der Waals surface area (Å²) in [5.41, 5.74) is 8.63. The van der Waals surface area contributed by atoms with Crippen molar-refractivity contribution in [2.75, 3.05) is 0 Å². The number of hydrogen-bond acceptors (Lipinski definition) is 2. The SMILES string of the molecule is CCc1ccc(OC(C)C(N)c2ccccc2)cc1. The smallest absolute Gasteiger partial charge is 0.119 e. The second-order valence-corrected chi connectivity index (χ2v) is 4.76. The monoisotopic (exact) mass is 255 g/mol. The summed E-state index contributed by atoms with van der Waals surface area (Å²) in [6.07, 6.45) is 0.981. The van der Waals surface area contributed by atoms with Crippen molar-refractivity contribution in [2.24, 2.45) is 5.73 Å². The molecule has 2 aromatic carbocycles. The Morgan fingerprint density at radius 1 is 1.00 bits per heavy atom. The molecule has 0 saturated carbocycles. The molecule has 0 aliphatic heterocycles. The van der Waals surface area contributed by atoms with Crippen LogP contribution < -0.4 is 10.5 Å². The lowest BCUT2D eigenvalue weighted by molar-refractivity contribution is 0.190. The van der Waals surface area contributed by atoms with E-state index in [4.69, 9.17) is 10.5 Å². The predicted molar refractivity (Wildman–Crippen MR) is 79.3 cm³/mol. The van der Waals surface area contributed by atoms with Crippen LogP contribution in [-0.4, -0.2) is 6.10 Å². The van der Waals surface area contributed by atoms with Gasteiger partial charge in [-0.2, -0.15) is 0 Å². The van der Waals surface area contributed by atoms with Crippen LogP contribution in [0.2, 0.25) is 0 Å². The molecule has 0 aliphatic carbocycles. The summed E-state index contributed by atoms with van der Waals surface area (Å²) in [6.45, 7) is 4.15. The minimum Gasteiger partial charge on any atom is -0.489 e. The molecule has 0 saturated heterocycles. The highest BCUT2D eigenvalue weighted by atomic mass is 16.5. The van der Waals surface area contributed by atoms with Crippen molar-refractivity contribution in [3.63, 3.8) is 0 Å². The Kier molecular flexibility index (Phi) is 4.58. The molecule has 2 aromatic rings. The summed E-state index contributed by atoms with van der Waals surface area (Å²) in [4.78, 5) is 0. The molecule has 2 N–H and O–H groups in total. The molecule has 0 spiro atoms. The fourth-order valence-electron chi connectivity index (χ4n) is 2.04. The van der Waals surface area contributed by atoms with Crippen LogP contribution in [0.3, 0.4) is 0 Å². The normalized spacial score (nSPS) is 13.8. The molecule has 0 amide bonds. The fourth-order valence-corrected chi connectivity index (χ4v) is 2.04. The molecule has 0 bridgehead atoms. The van der Waals surface area contributed by atoms with Gasteiger partial charge < -0.3 is 10.5 Å². The van der Waals surface area contributed by atoms with E-state index in [9.17, 15) is 0 Å². The van der Waals surface area contributed by atoms with Crippen molar-refractivity contribution in [2.45, 2.75) is 32.4 Å².